The van der Waals surface area contributed by atoms with Crippen molar-refractivity contribution in [2.45, 2.75) is 30.4 Å². The van der Waals surface area contributed by atoms with E-state index in [1.807, 2.05) is 12.1 Å². The number of aliphatic hydroxyl groups is 1. The van der Waals surface area contributed by atoms with E-state index in [9.17, 15) is 13.5 Å². The SMILES string of the molecule is COc1ccccc1OCC(N)CC(O)c1ccc(C)c(S(N)(=O)=O)c1.Cl. The summed E-state index contributed by atoms with van der Waals surface area (Å²) in [6.45, 7) is 1.81. The van der Waals surface area contributed by atoms with E-state index in [4.69, 9.17) is 20.3 Å². The van der Waals surface area contributed by atoms with Gasteiger partial charge in [0.05, 0.1) is 18.1 Å². The molecule has 0 aromatic heterocycles. The van der Waals surface area contributed by atoms with E-state index in [0.717, 1.165) is 0 Å². The van der Waals surface area contributed by atoms with Crippen molar-refractivity contribution in [3.8, 4) is 11.5 Å². The van der Waals surface area contributed by atoms with Crippen LogP contribution in [-0.4, -0.2) is 33.3 Å². The first-order valence-corrected chi connectivity index (χ1v) is 9.59. The molecule has 2 aromatic rings. The zero-order chi connectivity index (χ0) is 19.3. The molecule has 0 aliphatic heterocycles. The molecule has 0 spiro atoms. The standard InChI is InChI=1S/C18H24N2O5S.ClH/c1-12-7-8-13(9-18(12)26(20,22)23)15(21)10-14(19)11-25-17-6-4-3-5-16(17)24-2;/h3-9,14-15,21H,10-11,19H2,1-2H3,(H2,20,22,23);1H. The summed E-state index contributed by atoms with van der Waals surface area (Å²) in [5.74, 6) is 1.16. The number of benzene rings is 2. The minimum Gasteiger partial charge on any atom is -0.493 e. The molecule has 2 atom stereocenters. The molecule has 2 aromatic carbocycles. The molecule has 9 heteroatoms. The number of rotatable bonds is 8. The van der Waals surface area contributed by atoms with Crippen molar-refractivity contribution in [2.24, 2.45) is 10.9 Å². The summed E-state index contributed by atoms with van der Waals surface area (Å²) in [6.07, 6.45) is -0.741. The molecule has 0 fully saturated rings. The Hall–Kier alpha value is -1.84. The fourth-order valence-corrected chi connectivity index (χ4v) is 3.37. The summed E-state index contributed by atoms with van der Waals surface area (Å²) in [5, 5.41) is 15.6. The summed E-state index contributed by atoms with van der Waals surface area (Å²) in [6, 6.07) is 11.4. The van der Waals surface area contributed by atoms with Crippen LogP contribution in [0.2, 0.25) is 0 Å². The average molecular weight is 417 g/mol. The molecule has 0 saturated carbocycles. The molecule has 0 aliphatic rings. The molecular formula is C18H25ClN2O5S. The van der Waals surface area contributed by atoms with Gasteiger partial charge in [-0.05, 0) is 42.7 Å². The van der Waals surface area contributed by atoms with Crippen LogP contribution in [-0.2, 0) is 10.0 Å². The van der Waals surface area contributed by atoms with Crippen LogP contribution in [0.3, 0.4) is 0 Å². The molecule has 0 radical (unpaired) electrons. The summed E-state index contributed by atoms with van der Waals surface area (Å²) in [5.41, 5.74) is 6.99. The summed E-state index contributed by atoms with van der Waals surface area (Å²) < 4.78 is 34.1. The number of halogens is 1. The second kappa shape index (κ2) is 9.91. The van der Waals surface area contributed by atoms with Crippen molar-refractivity contribution in [3.05, 3.63) is 53.6 Å². The van der Waals surface area contributed by atoms with Crippen LogP contribution in [0.4, 0.5) is 0 Å². The van der Waals surface area contributed by atoms with E-state index >= 15 is 0 Å². The minimum absolute atomic E-state index is 0. The lowest BCUT2D eigenvalue weighted by atomic mass is 10.0. The smallest absolute Gasteiger partial charge is 0.238 e. The number of hydrogen-bond donors (Lipinski definition) is 3. The van der Waals surface area contributed by atoms with Gasteiger partial charge in [-0.1, -0.05) is 24.3 Å². The Labute approximate surface area is 165 Å². The van der Waals surface area contributed by atoms with Crippen molar-refractivity contribution in [2.75, 3.05) is 13.7 Å². The molecular weight excluding hydrogens is 392 g/mol. The van der Waals surface area contributed by atoms with Crippen LogP contribution < -0.4 is 20.3 Å². The Kier molecular flexibility index (Phi) is 8.52. The lowest BCUT2D eigenvalue weighted by molar-refractivity contribution is 0.143. The molecule has 0 amide bonds. The Morgan fingerprint density at radius 3 is 2.37 bits per heavy atom. The van der Waals surface area contributed by atoms with Crippen molar-refractivity contribution >= 4 is 22.4 Å². The fraction of sp³-hybridized carbons (Fsp3) is 0.333. The molecule has 0 heterocycles. The number of methoxy groups -OCH3 is 1. The monoisotopic (exact) mass is 416 g/mol. The summed E-state index contributed by atoms with van der Waals surface area (Å²) in [7, 11) is -2.30. The molecule has 5 N–H and O–H groups in total. The van der Waals surface area contributed by atoms with Gasteiger partial charge in [0.2, 0.25) is 10.0 Å². The Morgan fingerprint density at radius 2 is 1.78 bits per heavy atom. The van der Waals surface area contributed by atoms with Crippen LogP contribution in [0.15, 0.2) is 47.4 Å². The van der Waals surface area contributed by atoms with Gasteiger partial charge in [0.25, 0.3) is 0 Å². The minimum atomic E-state index is -3.85. The van der Waals surface area contributed by atoms with E-state index in [0.29, 0.717) is 22.6 Å². The van der Waals surface area contributed by atoms with Gasteiger partial charge in [-0.15, -0.1) is 12.4 Å². The van der Waals surface area contributed by atoms with Crippen LogP contribution in [0.25, 0.3) is 0 Å². The first-order chi connectivity index (χ1) is 12.2. The number of para-hydroxylation sites is 2. The molecule has 150 valence electrons. The van der Waals surface area contributed by atoms with Crippen molar-refractivity contribution in [1.29, 1.82) is 0 Å². The van der Waals surface area contributed by atoms with Gasteiger partial charge >= 0.3 is 0 Å². The molecule has 27 heavy (non-hydrogen) atoms. The highest BCUT2D eigenvalue weighted by molar-refractivity contribution is 7.89. The van der Waals surface area contributed by atoms with Crippen molar-refractivity contribution < 1.29 is 23.0 Å². The number of sulfonamides is 1. The largest absolute Gasteiger partial charge is 0.493 e. The number of aliphatic hydroxyl groups excluding tert-OH is 1. The normalized spacial score (nSPS) is 13.4. The van der Waals surface area contributed by atoms with E-state index in [2.05, 4.69) is 0 Å². The molecule has 0 bridgehead atoms. The molecule has 2 rings (SSSR count). The maximum absolute atomic E-state index is 11.6. The highest BCUT2D eigenvalue weighted by Gasteiger charge is 2.18. The second-order valence-electron chi connectivity index (χ2n) is 6.04. The van der Waals surface area contributed by atoms with Gasteiger partial charge in [-0.2, -0.15) is 0 Å². The highest BCUT2D eigenvalue weighted by atomic mass is 35.5. The third-order valence-electron chi connectivity index (χ3n) is 3.95. The maximum Gasteiger partial charge on any atom is 0.238 e. The molecule has 0 saturated heterocycles. The Morgan fingerprint density at radius 1 is 1.15 bits per heavy atom. The Bertz CT molecular complexity index is 861. The van der Waals surface area contributed by atoms with Crippen molar-refractivity contribution in [1.82, 2.24) is 0 Å². The van der Waals surface area contributed by atoms with Crippen LogP contribution in [0.1, 0.15) is 23.7 Å². The van der Waals surface area contributed by atoms with E-state index in [1.54, 1.807) is 38.3 Å². The number of aryl methyl sites for hydroxylation is 1. The third kappa shape index (κ3) is 6.37. The van der Waals surface area contributed by atoms with Gasteiger partial charge in [0.1, 0.15) is 6.61 Å². The van der Waals surface area contributed by atoms with E-state index in [-0.39, 0.29) is 30.3 Å². The van der Waals surface area contributed by atoms with Crippen molar-refractivity contribution in [3.63, 3.8) is 0 Å². The van der Waals surface area contributed by atoms with Crippen LogP contribution in [0.5, 0.6) is 11.5 Å². The predicted octanol–water partition coefficient (Wildman–Crippen LogP) is 1.90. The Balaban J connectivity index is 0.00000364. The van der Waals surface area contributed by atoms with Crippen LogP contribution in [0, 0.1) is 6.92 Å². The average Bonchev–Trinajstić information content (AvgIpc) is 2.59. The van der Waals surface area contributed by atoms with E-state index in [1.165, 1.54) is 6.07 Å². The zero-order valence-electron chi connectivity index (χ0n) is 15.2. The van der Waals surface area contributed by atoms with Gasteiger partial charge in [-0.25, -0.2) is 13.6 Å². The quantitative estimate of drug-likeness (QED) is 0.603. The summed E-state index contributed by atoms with van der Waals surface area (Å²) in [4.78, 5) is -0.00658. The van der Waals surface area contributed by atoms with Gasteiger partial charge in [0.15, 0.2) is 11.5 Å². The lowest BCUT2D eigenvalue weighted by Gasteiger charge is -2.19. The topological polar surface area (TPSA) is 125 Å². The first-order valence-electron chi connectivity index (χ1n) is 8.05. The van der Waals surface area contributed by atoms with Gasteiger partial charge in [-0.3, -0.25) is 0 Å². The van der Waals surface area contributed by atoms with Gasteiger partial charge in [0, 0.05) is 6.04 Å². The molecule has 0 aliphatic carbocycles. The zero-order valence-corrected chi connectivity index (χ0v) is 16.8. The number of primary sulfonamides is 1. The van der Waals surface area contributed by atoms with Crippen LogP contribution >= 0.6 is 12.4 Å². The highest BCUT2D eigenvalue weighted by Crippen LogP contribution is 2.27. The number of ether oxygens (including phenoxy) is 2. The molecule has 7 nitrogen and oxygen atoms in total. The first kappa shape index (κ1) is 23.2. The third-order valence-corrected chi connectivity index (χ3v) is 5.00. The summed E-state index contributed by atoms with van der Waals surface area (Å²) >= 11 is 0. The lowest BCUT2D eigenvalue weighted by Crippen LogP contribution is -2.30. The van der Waals surface area contributed by atoms with E-state index < -0.39 is 22.2 Å². The number of nitrogens with two attached hydrogens (primary N) is 2. The van der Waals surface area contributed by atoms with Gasteiger partial charge < -0.3 is 20.3 Å². The predicted molar refractivity (Wildman–Crippen MR) is 106 cm³/mol. The number of hydrogen-bond acceptors (Lipinski definition) is 6. The molecule has 2 unspecified atom stereocenters. The fourth-order valence-electron chi connectivity index (χ4n) is 2.56. The second-order valence-corrected chi connectivity index (χ2v) is 7.57. The maximum atomic E-state index is 11.6.